The van der Waals surface area contributed by atoms with Crippen LogP contribution in [0.4, 0.5) is 0 Å². The first-order chi connectivity index (χ1) is 7.74. The summed E-state index contributed by atoms with van der Waals surface area (Å²) in [7, 11) is 0. The van der Waals surface area contributed by atoms with Crippen molar-refractivity contribution in [3.63, 3.8) is 0 Å². The normalized spacial score (nSPS) is 10.4. The predicted octanol–water partition coefficient (Wildman–Crippen LogP) is 1.65. The van der Waals surface area contributed by atoms with Crippen molar-refractivity contribution < 1.29 is 9.21 Å². The van der Waals surface area contributed by atoms with E-state index < -0.39 is 0 Å². The van der Waals surface area contributed by atoms with E-state index >= 15 is 0 Å². The van der Waals surface area contributed by atoms with Crippen LogP contribution in [0.2, 0.25) is 0 Å². The molecule has 1 aromatic heterocycles. The van der Waals surface area contributed by atoms with E-state index in [0.29, 0.717) is 25.2 Å². The standard InChI is InChI=1S/C12H20N2O2/c1-3-11-10(6-9-16-11)12(15)14(4-2)8-5-7-13/h6,9H,3-5,7-8,13H2,1-2H3. The fourth-order valence-corrected chi connectivity index (χ4v) is 1.66. The van der Waals surface area contributed by atoms with Gasteiger partial charge in [0.15, 0.2) is 0 Å². The third kappa shape index (κ3) is 2.85. The van der Waals surface area contributed by atoms with Crippen LogP contribution < -0.4 is 5.73 Å². The molecule has 4 heteroatoms. The number of carbonyl (C=O) groups is 1. The first-order valence-corrected chi connectivity index (χ1v) is 5.80. The fourth-order valence-electron chi connectivity index (χ4n) is 1.66. The van der Waals surface area contributed by atoms with Crippen LogP contribution in [0.1, 0.15) is 36.4 Å². The average molecular weight is 224 g/mol. The maximum atomic E-state index is 12.1. The minimum atomic E-state index is 0.0431. The van der Waals surface area contributed by atoms with Crippen molar-refractivity contribution in [1.82, 2.24) is 4.90 Å². The summed E-state index contributed by atoms with van der Waals surface area (Å²) in [6, 6.07) is 1.74. The molecular weight excluding hydrogens is 204 g/mol. The lowest BCUT2D eigenvalue weighted by Crippen LogP contribution is -2.33. The van der Waals surface area contributed by atoms with Crippen LogP contribution in [0.5, 0.6) is 0 Å². The van der Waals surface area contributed by atoms with Gasteiger partial charge in [-0.3, -0.25) is 4.79 Å². The molecule has 0 aromatic carbocycles. The van der Waals surface area contributed by atoms with Crippen molar-refractivity contribution in [1.29, 1.82) is 0 Å². The Hall–Kier alpha value is -1.29. The molecule has 4 nitrogen and oxygen atoms in total. The highest BCUT2D eigenvalue weighted by Crippen LogP contribution is 2.14. The molecule has 0 aliphatic heterocycles. The Morgan fingerprint density at radius 1 is 1.50 bits per heavy atom. The van der Waals surface area contributed by atoms with Gasteiger partial charge in [0.1, 0.15) is 5.76 Å². The fraction of sp³-hybridized carbons (Fsp3) is 0.583. The van der Waals surface area contributed by atoms with E-state index in [9.17, 15) is 4.79 Å². The molecule has 0 aliphatic carbocycles. The largest absolute Gasteiger partial charge is 0.469 e. The molecule has 0 spiro atoms. The second kappa shape index (κ2) is 6.33. The molecule has 1 rings (SSSR count). The zero-order chi connectivity index (χ0) is 12.0. The molecule has 1 heterocycles. The monoisotopic (exact) mass is 224 g/mol. The molecule has 0 aliphatic rings. The molecule has 1 amide bonds. The van der Waals surface area contributed by atoms with Crippen LogP contribution in [0.25, 0.3) is 0 Å². The van der Waals surface area contributed by atoms with E-state index in [1.165, 1.54) is 0 Å². The van der Waals surface area contributed by atoms with E-state index in [1.54, 1.807) is 17.2 Å². The smallest absolute Gasteiger partial charge is 0.257 e. The molecule has 0 saturated heterocycles. The number of hydrogen-bond donors (Lipinski definition) is 1. The molecule has 0 saturated carbocycles. The predicted molar refractivity (Wildman–Crippen MR) is 63.3 cm³/mol. The molecule has 0 fully saturated rings. The Morgan fingerprint density at radius 2 is 2.25 bits per heavy atom. The SMILES string of the molecule is CCc1occc1C(=O)N(CC)CCCN. The first-order valence-electron chi connectivity index (χ1n) is 5.80. The van der Waals surface area contributed by atoms with Crippen molar-refractivity contribution in [2.45, 2.75) is 26.7 Å². The molecule has 16 heavy (non-hydrogen) atoms. The summed E-state index contributed by atoms with van der Waals surface area (Å²) >= 11 is 0. The summed E-state index contributed by atoms with van der Waals surface area (Å²) in [4.78, 5) is 14.0. The van der Waals surface area contributed by atoms with Gasteiger partial charge in [-0.25, -0.2) is 0 Å². The Bertz CT molecular complexity index is 334. The maximum Gasteiger partial charge on any atom is 0.257 e. The third-order valence-electron chi connectivity index (χ3n) is 2.60. The third-order valence-corrected chi connectivity index (χ3v) is 2.60. The van der Waals surface area contributed by atoms with Crippen LogP contribution in [-0.4, -0.2) is 30.4 Å². The first kappa shape index (κ1) is 12.8. The van der Waals surface area contributed by atoms with Gasteiger partial charge in [0.2, 0.25) is 0 Å². The van der Waals surface area contributed by atoms with E-state index in [0.717, 1.165) is 18.6 Å². The van der Waals surface area contributed by atoms with Gasteiger partial charge in [0, 0.05) is 19.5 Å². The number of aryl methyl sites for hydroxylation is 1. The van der Waals surface area contributed by atoms with Gasteiger partial charge in [-0.1, -0.05) is 6.92 Å². The second-order valence-corrected chi connectivity index (χ2v) is 3.64. The number of amides is 1. The van der Waals surface area contributed by atoms with Gasteiger partial charge < -0.3 is 15.1 Å². The average Bonchev–Trinajstić information content (AvgIpc) is 2.77. The van der Waals surface area contributed by atoms with Gasteiger partial charge in [0.25, 0.3) is 5.91 Å². The van der Waals surface area contributed by atoms with Crippen molar-refractivity contribution in [3.8, 4) is 0 Å². The maximum absolute atomic E-state index is 12.1. The Kier molecular flexibility index (Phi) is 5.05. The van der Waals surface area contributed by atoms with Crippen molar-refractivity contribution in [2.24, 2.45) is 5.73 Å². The van der Waals surface area contributed by atoms with E-state index in [2.05, 4.69) is 0 Å². The second-order valence-electron chi connectivity index (χ2n) is 3.64. The molecule has 90 valence electrons. The zero-order valence-corrected chi connectivity index (χ0v) is 10.0. The van der Waals surface area contributed by atoms with Crippen LogP contribution in [0.3, 0.4) is 0 Å². The van der Waals surface area contributed by atoms with Crippen molar-refractivity contribution in [2.75, 3.05) is 19.6 Å². The molecule has 0 unspecified atom stereocenters. The molecule has 1 aromatic rings. The Labute approximate surface area is 96.4 Å². The highest BCUT2D eigenvalue weighted by Gasteiger charge is 2.18. The Morgan fingerprint density at radius 3 is 2.81 bits per heavy atom. The molecule has 0 bridgehead atoms. The zero-order valence-electron chi connectivity index (χ0n) is 10.0. The minimum Gasteiger partial charge on any atom is -0.469 e. The molecule has 0 atom stereocenters. The minimum absolute atomic E-state index is 0.0431. The van der Waals surface area contributed by atoms with Crippen LogP contribution in [0, 0.1) is 0 Å². The highest BCUT2D eigenvalue weighted by molar-refractivity contribution is 5.95. The number of nitrogens with zero attached hydrogens (tertiary/aromatic N) is 1. The summed E-state index contributed by atoms with van der Waals surface area (Å²) in [5.41, 5.74) is 6.13. The lowest BCUT2D eigenvalue weighted by Gasteiger charge is -2.20. The number of carbonyl (C=O) groups excluding carboxylic acids is 1. The van der Waals surface area contributed by atoms with Gasteiger partial charge in [-0.2, -0.15) is 0 Å². The topological polar surface area (TPSA) is 59.5 Å². The van der Waals surface area contributed by atoms with Gasteiger partial charge in [-0.15, -0.1) is 0 Å². The van der Waals surface area contributed by atoms with E-state index in [4.69, 9.17) is 10.2 Å². The van der Waals surface area contributed by atoms with Crippen molar-refractivity contribution in [3.05, 3.63) is 23.7 Å². The summed E-state index contributed by atoms with van der Waals surface area (Å²) in [6.45, 7) is 5.97. The summed E-state index contributed by atoms with van der Waals surface area (Å²) in [5.74, 6) is 0.803. The molecular formula is C12H20N2O2. The summed E-state index contributed by atoms with van der Waals surface area (Å²) in [5, 5.41) is 0. The number of hydrogen-bond acceptors (Lipinski definition) is 3. The quantitative estimate of drug-likeness (QED) is 0.799. The number of nitrogens with two attached hydrogens (primary N) is 1. The lowest BCUT2D eigenvalue weighted by molar-refractivity contribution is 0.0761. The lowest BCUT2D eigenvalue weighted by atomic mass is 10.2. The van der Waals surface area contributed by atoms with Crippen LogP contribution in [-0.2, 0) is 6.42 Å². The Balaban J connectivity index is 2.74. The molecule has 2 N–H and O–H groups in total. The summed E-state index contributed by atoms with van der Waals surface area (Å²) in [6.07, 6.45) is 3.14. The van der Waals surface area contributed by atoms with E-state index in [1.807, 2.05) is 13.8 Å². The van der Waals surface area contributed by atoms with Crippen molar-refractivity contribution >= 4 is 5.91 Å². The highest BCUT2D eigenvalue weighted by atomic mass is 16.3. The molecule has 0 radical (unpaired) electrons. The van der Waals surface area contributed by atoms with Crippen LogP contribution >= 0.6 is 0 Å². The van der Waals surface area contributed by atoms with Gasteiger partial charge in [-0.05, 0) is 26.0 Å². The van der Waals surface area contributed by atoms with E-state index in [-0.39, 0.29) is 5.91 Å². The van der Waals surface area contributed by atoms with Gasteiger partial charge >= 0.3 is 0 Å². The van der Waals surface area contributed by atoms with Gasteiger partial charge in [0.05, 0.1) is 11.8 Å². The summed E-state index contributed by atoms with van der Waals surface area (Å²) < 4.78 is 5.26. The number of furan rings is 1. The number of rotatable bonds is 6. The van der Waals surface area contributed by atoms with Crippen LogP contribution in [0.15, 0.2) is 16.7 Å².